The maximum absolute atomic E-state index is 13.3. The fourth-order valence-corrected chi connectivity index (χ4v) is 3.15. The number of nitrogen functional groups attached to an aromatic ring is 1. The fraction of sp³-hybridized carbons (Fsp3) is 0.200. The lowest BCUT2D eigenvalue weighted by molar-refractivity contribution is 0.0692. The van der Waals surface area contributed by atoms with E-state index in [-0.39, 0.29) is 39.3 Å². The van der Waals surface area contributed by atoms with Gasteiger partial charge in [0.25, 0.3) is 0 Å². The van der Waals surface area contributed by atoms with Crippen LogP contribution in [-0.2, 0) is 0 Å². The lowest BCUT2D eigenvalue weighted by Gasteiger charge is -2.19. The minimum atomic E-state index is -1.35. The van der Waals surface area contributed by atoms with E-state index in [0.29, 0.717) is 11.1 Å². The molecule has 0 spiro atoms. The summed E-state index contributed by atoms with van der Waals surface area (Å²) in [4.78, 5) is 24.9. The summed E-state index contributed by atoms with van der Waals surface area (Å²) in [6, 6.07) is 1.56. The van der Waals surface area contributed by atoms with E-state index in [1.54, 1.807) is 19.9 Å². The van der Waals surface area contributed by atoms with E-state index in [1.165, 1.54) is 19.9 Å². The number of carboxylic acids is 1. The molecule has 0 aliphatic carbocycles. The Labute approximate surface area is 151 Å². The highest BCUT2D eigenvalue weighted by Gasteiger charge is 2.29. The molecule has 26 heavy (non-hydrogen) atoms. The highest BCUT2D eigenvalue weighted by molar-refractivity contribution is 6.17. The van der Waals surface area contributed by atoms with Crippen LogP contribution in [0.25, 0.3) is 6.08 Å². The second kappa shape index (κ2) is 6.55. The van der Waals surface area contributed by atoms with Gasteiger partial charge in [-0.25, -0.2) is 4.79 Å². The van der Waals surface area contributed by atoms with E-state index < -0.39 is 17.5 Å². The van der Waals surface area contributed by atoms with Crippen molar-refractivity contribution in [3.63, 3.8) is 0 Å². The molecule has 136 valence electrons. The molecular weight excluding hydrogens is 334 g/mol. The molecule has 0 unspecified atom stereocenters. The molecule has 0 fully saturated rings. The predicted molar refractivity (Wildman–Crippen MR) is 100 cm³/mol. The molecule has 5 N–H and O–H groups in total. The Kier molecular flexibility index (Phi) is 4.80. The molecule has 0 radical (unpaired) electrons. The van der Waals surface area contributed by atoms with E-state index in [4.69, 9.17) is 5.73 Å². The van der Waals surface area contributed by atoms with E-state index in [9.17, 15) is 24.9 Å². The number of aryl methyl sites for hydroxylation is 1. The predicted octanol–water partition coefficient (Wildman–Crippen LogP) is 3.49. The zero-order chi connectivity index (χ0) is 19.9. The van der Waals surface area contributed by atoms with Crippen LogP contribution in [0.5, 0.6) is 11.5 Å². The number of phenols is 2. The van der Waals surface area contributed by atoms with Crippen molar-refractivity contribution < 1.29 is 24.9 Å². The van der Waals surface area contributed by atoms with Gasteiger partial charge in [-0.15, -0.1) is 0 Å². The molecule has 6 nitrogen and oxygen atoms in total. The average molecular weight is 355 g/mol. The van der Waals surface area contributed by atoms with Crippen LogP contribution in [0.3, 0.4) is 0 Å². The Hall–Kier alpha value is -3.28. The third kappa shape index (κ3) is 2.69. The minimum absolute atomic E-state index is 0.00938. The van der Waals surface area contributed by atoms with E-state index in [0.717, 1.165) is 5.56 Å². The number of anilines is 1. The molecule has 0 atom stereocenters. The number of hydrogen-bond donors (Lipinski definition) is 4. The van der Waals surface area contributed by atoms with Gasteiger partial charge in [-0.05, 0) is 61.6 Å². The van der Waals surface area contributed by atoms with Gasteiger partial charge in [0, 0.05) is 5.56 Å². The summed E-state index contributed by atoms with van der Waals surface area (Å²) in [6.45, 7) is 10.0. The van der Waals surface area contributed by atoms with Gasteiger partial charge >= 0.3 is 5.97 Å². The van der Waals surface area contributed by atoms with Crippen molar-refractivity contribution in [1.29, 1.82) is 0 Å². The van der Waals surface area contributed by atoms with Crippen molar-refractivity contribution in [1.82, 2.24) is 0 Å². The highest BCUT2D eigenvalue weighted by atomic mass is 16.4. The molecule has 0 amide bonds. The van der Waals surface area contributed by atoms with Crippen LogP contribution >= 0.6 is 0 Å². The minimum Gasteiger partial charge on any atom is -0.507 e. The normalized spacial score (nSPS) is 10.6. The second-order valence-corrected chi connectivity index (χ2v) is 6.23. The SMILES string of the molecule is C=Cc1c(C)c(O)c(C(=O)O)c(C)c1C(=O)c1c(C)c(C)cc(N)c1O. The van der Waals surface area contributed by atoms with Gasteiger partial charge in [0.15, 0.2) is 5.78 Å². The van der Waals surface area contributed by atoms with Crippen molar-refractivity contribution >= 4 is 23.5 Å². The molecule has 0 saturated heterocycles. The van der Waals surface area contributed by atoms with Gasteiger partial charge < -0.3 is 21.1 Å². The Morgan fingerprint density at radius 2 is 1.54 bits per heavy atom. The third-order valence-electron chi connectivity index (χ3n) is 4.74. The van der Waals surface area contributed by atoms with Crippen LogP contribution in [0.4, 0.5) is 5.69 Å². The van der Waals surface area contributed by atoms with Gasteiger partial charge in [0.05, 0.1) is 11.3 Å². The summed E-state index contributed by atoms with van der Waals surface area (Å²) in [6.07, 6.45) is 1.38. The van der Waals surface area contributed by atoms with Crippen LogP contribution in [0.1, 0.15) is 54.1 Å². The maximum Gasteiger partial charge on any atom is 0.339 e. The molecule has 0 aliphatic heterocycles. The number of benzene rings is 2. The Balaban J connectivity index is 2.96. The Morgan fingerprint density at radius 1 is 0.962 bits per heavy atom. The first-order valence-electron chi connectivity index (χ1n) is 7.89. The highest BCUT2D eigenvalue weighted by Crippen LogP contribution is 2.38. The summed E-state index contributed by atoms with van der Waals surface area (Å²) in [5.74, 6) is -2.69. The first-order chi connectivity index (χ1) is 12.0. The molecule has 2 aromatic carbocycles. The Morgan fingerprint density at radius 3 is 2.04 bits per heavy atom. The summed E-state index contributed by atoms with van der Waals surface area (Å²) in [5, 5.41) is 30.0. The molecule has 0 saturated carbocycles. The van der Waals surface area contributed by atoms with Crippen LogP contribution in [0.15, 0.2) is 12.6 Å². The quantitative estimate of drug-likeness (QED) is 0.378. The molecule has 6 heteroatoms. The van der Waals surface area contributed by atoms with Crippen LogP contribution in [0.2, 0.25) is 0 Å². The number of carboxylic acid groups (broad SMARTS) is 1. The number of rotatable bonds is 4. The van der Waals surface area contributed by atoms with Gasteiger partial charge in [-0.3, -0.25) is 4.79 Å². The van der Waals surface area contributed by atoms with Gasteiger partial charge in [-0.2, -0.15) is 0 Å². The number of hydrogen-bond acceptors (Lipinski definition) is 5. The Bertz CT molecular complexity index is 947. The van der Waals surface area contributed by atoms with Gasteiger partial charge in [0.2, 0.25) is 0 Å². The topological polar surface area (TPSA) is 121 Å². The fourth-order valence-electron chi connectivity index (χ4n) is 3.15. The average Bonchev–Trinajstić information content (AvgIpc) is 2.55. The summed E-state index contributed by atoms with van der Waals surface area (Å²) < 4.78 is 0. The van der Waals surface area contributed by atoms with Crippen molar-refractivity contribution in [2.45, 2.75) is 27.7 Å². The number of aromatic carboxylic acids is 1. The first-order valence-corrected chi connectivity index (χ1v) is 7.89. The maximum atomic E-state index is 13.3. The molecule has 0 aliphatic rings. The number of carbonyl (C=O) groups is 2. The van der Waals surface area contributed by atoms with E-state index >= 15 is 0 Å². The molecule has 0 aromatic heterocycles. The number of nitrogens with two attached hydrogens (primary N) is 1. The van der Waals surface area contributed by atoms with Gasteiger partial charge in [0.1, 0.15) is 17.1 Å². The molecule has 0 heterocycles. The van der Waals surface area contributed by atoms with Crippen molar-refractivity contribution in [2.24, 2.45) is 0 Å². The van der Waals surface area contributed by atoms with Crippen LogP contribution in [-0.4, -0.2) is 27.1 Å². The summed E-state index contributed by atoms with van der Waals surface area (Å²) >= 11 is 0. The summed E-state index contributed by atoms with van der Waals surface area (Å²) in [5.41, 5.74) is 7.47. The van der Waals surface area contributed by atoms with Crippen molar-refractivity contribution in [3.05, 3.63) is 57.2 Å². The summed E-state index contributed by atoms with van der Waals surface area (Å²) in [7, 11) is 0. The molecule has 2 aromatic rings. The molecular formula is C20H21NO5. The van der Waals surface area contributed by atoms with Gasteiger partial charge in [-0.1, -0.05) is 12.7 Å². The number of phenolic OH excluding ortho intramolecular Hbond substituents is 1. The molecule has 2 rings (SSSR count). The third-order valence-corrected chi connectivity index (χ3v) is 4.74. The second-order valence-electron chi connectivity index (χ2n) is 6.23. The standard InChI is InChI=1S/C20H21NO5/c1-6-12-10(4)17(22)16(20(25)26)11(5)14(12)19(24)15-9(3)8(2)7-13(21)18(15)23/h6-7,22-23H,1,21H2,2-5H3,(H,25,26). The lowest BCUT2D eigenvalue weighted by atomic mass is 9.85. The van der Waals surface area contributed by atoms with Crippen molar-refractivity contribution in [2.75, 3.05) is 5.73 Å². The smallest absolute Gasteiger partial charge is 0.339 e. The number of aromatic hydroxyl groups is 2. The van der Waals surface area contributed by atoms with E-state index in [2.05, 4.69) is 6.58 Å². The van der Waals surface area contributed by atoms with E-state index in [1.807, 2.05) is 0 Å². The lowest BCUT2D eigenvalue weighted by Crippen LogP contribution is -2.15. The van der Waals surface area contributed by atoms with Crippen LogP contribution in [0, 0.1) is 27.7 Å². The largest absolute Gasteiger partial charge is 0.507 e. The molecule has 0 bridgehead atoms. The first kappa shape index (κ1) is 19.1. The number of ketones is 1. The van der Waals surface area contributed by atoms with Crippen LogP contribution < -0.4 is 5.73 Å². The zero-order valence-electron chi connectivity index (χ0n) is 15.1. The zero-order valence-corrected chi connectivity index (χ0v) is 15.1. The van der Waals surface area contributed by atoms with Crippen molar-refractivity contribution in [3.8, 4) is 11.5 Å². The monoisotopic (exact) mass is 355 g/mol. The number of carbonyl (C=O) groups excluding carboxylic acids is 1.